The van der Waals surface area contributed by atoms with Gasteiger partial charge in [0, 0.05) is 25.6 Å². The molecule has 0 heterocycles. The highest BCUT2D eigenvalue weighted by Crippen LogP contribution is 1.87. The van der Waals surface area contributed by atoms with Gasteiger partial charge >= 0.3 is 0 Å². The molecule has 0 unspecified atom stereocenters. The Kier molecular flexibility index (Phi) is 8.85. The molecule has 0 spiro atoms. The molecule has 0 aromatic carbocycles. The molecule has 0 radical (unpaired) electrons. The molecular formula is C12H24N2O2. The molecule has 0 atom stereocenters. The summed E-state index contributed by atoms with van der Waals surface area (Å²) < 4.78 is 5.30. The van der Waals surface area contributed by atoms with Crippen LogP contribution in [0.3, 0.4) is 0 Å². The van der Waals surface area contributed by atoms with Crippen LogP contribution < -0.4 is 10.6 Å². The first-order valence-electron chi connectivity index (χ1n) is 5.74. The lowest BCUT2D eigenvalue weighted by Crippen LogP contribution is -2.33. The smallest absolute Gasteiger partial charge is 0.221 e. The highest BCUT2D eigenvalue weighted by molar-refractivity contribution is 5.76. The van der Waals surface area contributed by atoms with Crippen LogP contribution in [0.15, 0.2) is 12.2 Å². The maximum absolute atomic E-state index is 11.2. The van der Waals surface area contributed by atoms with Gasteiger partial charge in [0.25, 0.3) is 0 Å². The van der Waals surface area contributed by atoms with E-state index >= 15 is 0 Å². The molecule has 0 saturated heterocycles. The number of hydrogen-bond acceptors (Lipinski definition) is 3. The average molecular weight is 228 g/mol. The molecule has 0 aliphatic heterocycles. The molecule has 0 aliphatic carbocycles. The standard InChI is InChI=1S/C12H24N2O2/c1-10(2)9-16-8-7-13-6-5-12(15)14-11(3)4/h11,13H,1,5-9H2,2-4H3,(H,14,15). The van der Waals surface area contributed by atoms with E-state index in [-0.39, 0.29) is 11.9 Å². The van der Waals surface area contributed by atoms with Gasteiger partial charge < -0.3 is 15.4 Å². The maximum Gasteiger partial charge on any atom is 0.221 e. The topological polar surface area (TPSA) is 50.4 Å². The van der Waals surface area contributed by atoms with Crippen molar-refractivity contribution in [1.29, 1.82) is 0 Å². The number of hydrogen-bond donors (Lipinski definition) is 2. The van der Waals surface area contributed by atoms with E-state index in [2.05, 4.69) is 17.2 Å². The summed E-state index contributed by atoms with van der Waals surface area (Å²) in [6.07, 6.45) is 0.513. The summed E-state index contributed by atoms with van der Waals surface area (Å²) in [7, 11) is 0. The Morgan fingerprint density at radius 1 is 1.38 bits per heavy atom. The highest BCUT2D eigenvalue weighted by atomic mass is 16.5. The first-order valence-corrected chi connectivity index (χ1v) is 5.74. The van der Waals surface area contributed by atoms with E-state index in [4.69, 9.17) is 4.74 Å². The van der Waals surface area contributed by atoms with Gasteiger partial charge in [-0.15, -0.1) is 0 Å². The second kappa shape index (κ2) is 9.36. The molecule has 4 heteroatoms. The van der Waals surface area contributed by atoms with Crippen molar-refractivity contribution < 1.29 is 9.53 Å². The molecule has 1 amide bonds. The van der Waals surface area contributed by atoms with Crippen LogP contribution >= 0.6 is 0 Å². The molecule has 94 valence electrons. The SMILES string of the molecule is C=C(C)COCCNCCC(=O)NC(C)C. The van der Waals surface area contributed by atoms with Crippen molar-refractivity contribution in [2.45, 2.75) is 33.2 Å². The Morgan fingerprint density at radius 2 is 2.06 bits per heavy atom. The van der Waals surface area contributed by atoms with Crippen LogP contribution in [-0.4, -0.2) is 38.3 Å². The summed E-state index contributed by atoms with van der Waals surface area (Å²) in [4.78, 5) is 11.2. The second-order valence-corrected chi connectivity index (χ2v) is 4.23. The lowest BCUT2D eigenvalue weighted by molar-refractivity contribution is -0.121. The van der Waals surface area contributed by atoms with Crippen LogP contribution in [0.2, 0.25) is 0 Å². The molecule has 2 N–H and O–H groups in total. The summed E-state index contributed by atoms with van der Waals surface area (Å²) in [6.45, 7) is 12.3. The number of rotatable bonds is 9. The summed E-state index contributed by atoms with van der Waals surface area (Å²) in [5, 5.41) is 5.99. The van der Waals surface area contributed by atoms with Gasteiger partial charge in [-0.3, -0.25) is 4.79 Å². The van der Waals surface area contributed by atoms with E-state index in [1.165, 1.54) is 0 Å². The largest absolute Gasteiger partial charge is 0.376 e. The predicted molar refractivity (Wildman–Crippen MR) is 66.4 cm³/mol. The van der Waals surface area contributed by atoms with Crippen LogP contribution in [0.1, 0.15) is 27.2 Å². The fourth-order valence-electron chi connectivity index (χ4n) is 1.11. The quantitative estimate of drug-likeness (QED) is 0.459. The van der Waals surface area contributed by atoms with Crippen LogP contribution in [0.5, 0.6) is 0 Å². The van der Waals surface area contributed by atoms with Crippen molar-refractivity contribution in [1.82, 2.24) is 10.6 Å². The Bertz CT molecular complexity index is 215. The van der Waals surface area contributed by atoms with Gasteiger partial charge in [-0.2, -0.15) is 0 Å². The Hall–Kier alpha value is -0.870. The molecule has 0 aliphatic rings. The molecular weight excluding hydrogens is 204 g/mol. The molecule has 0 aromatic heterocycles. The molecule has 0 saturated carbocycles. The Labute approximate surface area is 98.4 Å². The zero-order chi connectivity index (χ0) is 12.4. The van der Waals surface area contributed by atoms with Crippen molar-refractivity contribution in [3.8, 4) is 0 Å². The first kappa shape index (κ1) is 15.1. The van der Waals surface area contributed by atoms with Gasteiger partial charge in [0.1, 0.15) is 0 Å². The maximum atomic E-state index is 11.2. The van der Waals surface area contributed by atoms with E-state index in [0.717, 1.165) is 12.1 Å². The minimum absolute atomic E-state index is 0.0883. The highest BCUT2D eigenvalue weighted by Gasteiger charge is 2.01. The minimum atomic E-state index is 0.0883. The van der Waals surface area contributed by atoms with Crippen molar-refractivity contribution in [3.63, 3.8) is 0 Å². The molecule has 0 fully saturated rings. The van der Waals surface area contributed by atoms with Crippen molar-refractivity contribution >= 4 is 5.91 Å². The summed E-state index contributed by atoms with van der Waals surface area (Å²) in [5.41, 5.74) is 1.02. The van der Waals surface area contributed by atoms with E-state index < -0.39 is 0 Å². The second-order valence-electron chi connectivity index (χ2n) is 4.23. The van der Waals surface area contributed by atoms with Gasteiger partial charge in [0.2, 0.25) is 5.91 Å². The van der Waals surface area contributed by atoms with E-state index in [0.29, 0.717) is 26.2 Å². The number of carbonyl (C=O) groups excluding carboxylic acids is 1. The van der Waals surface area contributed by atoms with Gasteiger partial charge in [0.15, 0.2) is 0 Å². The predicted octanol–water partition coefficient (Wildman–Crippen LogP) is 1.08. The zero-order valence-corrected chi connectivity index (χ0v) is 10.6. The van der Waals surface area contributed by atoms with Crippen LogP contribution in [-0.2, 0) is 9.53 Å². The molecule has 4 nitrogen and oxygen atoms in total. The van der Waals surface area contributed by atoms with Gasteiger partial charge in [-0.1, -0.05) is 12.2 Å². The van der Waals surface area contributed by atoms with Gasteiger partial charge in [-0.05, 0) is 20.8 Å². The molecule has 0 rings (SSSR count). The van der Waals surface area contributed by atoms with Gasteiger partial charge in [0.05, 0.1) is 13.2 Å². The summed E-state index contributed by atoms with van der Waals surface area (Å²) in [5.74, 6) is 0.0883. The zero-order valence-electron chi connectivity index (χ0n) is 10.6. The van der Waals surface area contributed by atoms with E-state index in [1.54, 1.807) is 0 Å². The number of carbonyl (C=O) groups is 1. The first-order chi connectivity index (χ1) is 7.52. The fraction of sp³-hybridized carbons (Fsp3) is 0.750. The lowest BCUT2D eigenvalue weighted by atomic mass is 10.3. The third-order valence-electron chi connectivity index (χ3n) is 1.75. The van der Waals surface area contributed by atoms with Crippen molar-refractivity contribution in [2.24, 2.45) is 0 Å². The van der Waals surface area contributed by atoms with Crippen LogP contribution in [0.25, 0.3) is 0 Å². The van der Waals surface area contributed by atoms with Crippen LogP contribution in [0.4, 0.5) is 0 Å². The third kappa shape index (κ3) is 11.2. The molecule has 16 heavy (non-hydrogen) atoms. The summed E-state index contributed by atoms with van der Waals surface area (Å²) in [6, 6.07) is 0.214. The molecule has 0 aromatic rings. The monoisotopic (exact) mass is 228 g/mol. The fourth-order valence-corrected chi connectivity index (χ4v) is 1.11. The average Bonchev–Trinajstić information content (AvgIpc) is 2.14. The van der Waals surface area contributed by atoms with Crippen LogP contribution in [0, 0.1) is 0 Å². The van der Waals surface area contributed by atoms with E-state index in [1.807, 2.05) is 20.8 Å². The lowest BCUT2D eigenvalue weighted by Gasteiger charge is -2.09. The normalized spacial score (nSPS) is 10.5. The Balaban J connectivity index is 3.20. The van der Waals surface area contributed by atoms with Crippen molar-refractivity contribution in [3.05, 3.63) is 12.2 Å². The summed E-state index contributed by atoms with van der Waals surface area (Å²) >= 11 is 0. The van der Waals surface area contributed by atoms with Gasteiger partial charge in [-0.25, -0.2) is 0 Å². The van der Waals surface area contributed by atoms with E-state index in [9.17, 15) is 4.79 Å². The van der Waals surface area contributed by atoms with Crippen molar-refractivity contribution in [2.75, 3.05) is 26.3 Å². The minimum Gasteiger partial charge on any atom is -0.376 e. The third-order valence-corrected chi connectivity index (χ3v) is 1.75. The number of nitrogens with one attached hydrogen (secondary N) is 2. The Morgan fingerprint density at radius 3 is 2.62 bits per heavy atom. The number of ether oxygens (including phenoxy) is 1. The molecule has 0 bridgehead atoms. The number of amides is 1.